The number of carbonyl (C=O) groups is 2. The zero-order chi connectivity index (χ0) is 22.2. The lowest BCUT2D eigenvalue weighted by atomic mass is 9.90. The molecule has 2 aromatic carbocycles. The van der Waals surface area contributed by atoms with Crippen LogP contribution >= 0.6 is 12.4 Å². The van der Waals surface area contributed by atoms with Crippen molar-refractivity contribution in [3.63, 3.8) is 0 Å². The van der Waals surface area contributed by atoms with Gasteiger partial charge in [-0.05, 0) is 42.5 Å². The predicted molar refractivity (Wildman–Crippen MR) is 126 cm³/mol. The van der Waals surface area contributed by atoms with E-state index in [0.717, 1.165) is 36.8 Å². The molecule has 1 amide bonds. The summed E-state index contributed by atoms with van der Waals surface area (Å²) in [4.78, 5) is 25.2. The third kappa shape index (κ3) is 6.95. The van der Waals surface area contributed by atoms with Gasteiger partial charge in [0.05, 0.1) is 13.2 Å². The quantitative estimate of drug-likeness (QED) is 0.520. The SMILES string of the molecule is COc1ccc(C[C@H](N)C(=O)NC2CCCCC2N)cc1C(=O)OCc1ccccc1.Cl. The monoisotopic (exact) mass is 461 g/mol. The molecule has 2 unspecified atom stereocenters. The number of methoxy groups -OCH3 is 1. The highest BCUT2D eigenvalue weighted by Crippen LogP contribution is 2.22. The molecule has 32 heavy (non-hydrogen) atoms. The Kier molecular flexibility index (Phi) is 9.97. The van der Waals surface area contributed by atoms with Gasteiger partial charge in [-0.1, -0.05) is 49.2 Å². The zero-order valence-electron chi connectivity index (χ0n) is 18.3. The molecule has 1 aliphatic rings. The first-order valence-corrected chi connectivity index (χ1v) is 10.7. The number of ether oxygens (including phenoxy) is 2. The summed E-state index contributed by atoms with van der Waals surface area (Å²) in [7, 11) is 1.50. The third-order valence-electron chi connectivity index (χ3n) is 5.64. The first-order chi connectivity index (χ1) is 15.0. The average molecular weight is 462 g/mol. The van der Waals surface area contributed by atoms with Crippen molar-refractivity contribution < 1.29 is 19.1 Å². The summed E-state index contributed by atoms with van der Waals surface area (Å²) in [6.07, 6.45) is 4.22. The van der Waals surface area contributed by atoms with Crippen molar-refractivity contribution in [2.45, 2.75) is 56.8 Å². The van der Waals surface area contributed by atoms with E-state index in [9.17, 15) is 9.59 Å². The highest BCUT2D eigenvalue weighted by Gasteiger charge is 2.26. The molecule has 0 saturated heterocycles. The van der Waals surface area contributed by atoms with E-state index in [0.29, 0.717) is 11.3 Å². The first kappa shape index (κ1) is 25.6. The van der Waals surface area contributed by atoms with Gasteiger partial charge in [0.25, 0.3) is 0 Å². The summed E-state index contributed by atoms with van der Waals surface area (Å²) >= 11 is 0. The summed E-state index contributed by atoms with van der Waals surface area (Å²) in [5.74, 6) is -0.312. The fourth-order valence-corrected chi connectivity index (χ4v) is 3.82. The first-order valence-electron chi connectivity index (χ1n) is 10.7. The van der Waals surface area contributed by atoms with E-state index >= 15 is 0 Å². The maximum Gasteiger partial charge on any atom is 0.342 e. The Morgan fingerprint density at radius 3 is 2.50 bits per heavy atom. The fourth-order valence-electron chi connectivity index (χ4n) is 3.82. The number of amides is 1. The van der Waals surface area contributed by atoms with E-state index in [4.69, 9.17) is 20.9 Å². The Labute approximate surface area is 195 Å². The molecule has 2 aromatic rings. The number of hydrogen-bond donors (Lipinski definition) is 3. The van der Waals surface area contributed by atoms with E-state index < -0.39 is 12.0 Å². The summed E-state index contributed by atoms with van der Waals surface area (Å²) in [6, 6.07) is 13.8. The van der Waals surface area contributed by atoms with Gasteiger partial charge in [0.2, 0.25) is 5.91 Å². The molecular weight excluding hydrogens is 430 g/mol. The largest absolute Gasteiger partial charge is 0.496 e. The van der Waals surface area contributed by atoms with Crippen LogP contribution in [0.1, 0.15) is 47.2 Å². The maximum atomic E-state index is 12.6. The standard InChI is InChI=1S/C24H31N3O4.ClH/c1-30-22-12-11-17(13-18(22)24(29)31-15-16-7-3-2-4-8-16)14-20(26)23(28)27-21-10-6-5-9-19(21)25;/h2-4,7-8,11-13,19-21H,5-6,9-10,14-15,25-26H2,1H3,(H,27,28);1H/t19?,20-,21?;/m0./s1. The molecule has 0 aromatic heterocycles. The lowest BCUT2D eigenvalue weighted by Crippen LogP contribution is -2.53. The van der Waals surface area contributed by atoms with Crippen molar-refractivity contribution in [3.05, 3.63) is 65.2 Å². The molecule has 0 heterocycles. The normalized spacial score (nSPS) is 18.7. The van der Waals surface area contributed by atoms with Crippen molar-refractivity contribution in [1.82, 2.24) is 5.32 Å². The summed E-state index contributed by atoms with van der Waals surface area (Å²) in [5, 5.41) is 2.98. The number of halogens is 1. The molecule has 0 bridgehead atoms. The minimum Gasteiger partial charge on any atom is -0.496 e. The molecule has 1 aliphatic carbocycles. The van der Waals surface area contributed by atoms with Gasteiger partial charge in [-0.15, -0.1) is 12.4 Å². The smallest absolute Gasteiger partial charge is 0.342 e. The van der Waals surface area contributed by atoms with Crippen LogP contribution in [0.5, 0.6) is 5.75 Å². The van der Waals surface area contributed by atoms with Crippen LogP contribution < -0.4 is 21.5 Å². The van der Waals surface area contributed by atoms with Gasteiger partial charge in [-0.3, -0.25) is 4.79 Å². The molecule has 0 radical (unpaired) electrons. The molecule has 0 spiro atoms. The van der Waals surface area contributed by atoms with Crippen LogP contribution in [0.4, 0.5) is 0 Å². The summed E-state index contributed by atoms with van der Waals surface area (Å²) in [5.41, 5.74) is 14.2. The van der Waals surface area contributed by atoms with E-state index in [1.807, 2.05) is 30.3 Å². The molecule has 8 heteroatoms. The van der Waals surface area contributed by atoms with Gasteiger partial charge in [0, 0.05) is 12.1 Å². The Morgan fingerprint density at radius 2 is 1.81 bits per heavy atom. The van der Waals surface area contributed by atoms with Crippen LogP contribution in [-0.2, 0) is 22.6 Å². The molecule has 0 aliphatic heterocycles. The number of hydrogen-bond acceptors (Lipinski definition) is 6. The summed E-state index contributed by atoms with van der Waals surface area (Å²) in [6.45, 7) is 0.163. The van der Waals surface area contributed by atoms with Crippen LogP contribution in [0.3, 0.4) is 0 Å². The highest BCUT2D eigenvalue weighted by molar-refractivity contribution is 5.93. The Balaban J connectivity index is 0.00000363. The molecule has 1 saturated carbocycles. The molecular formula is C24H32ClN3O4. The second kappa shape index (κ2) is 12.4. The lowest BCUT2D eigenvalue weighted by molar-refractivity contribution is -0.123. The van der Waals surface area contributed by atoms with Crippen molar-refractivity contribution in [2.24, 2.45) is 11.5 Å². The number of esters is 1. The number of rotatable bonds is 8. The Bertz CT molecular complexity index is 894. The van der Waals surface area contributed by atoms with Gasteiger partial charge in [-0.2, -0.15) is 0 Å². The van der Waals surface area contributed by atoms with Gasteiger partial charge in [0.1, 0.15) is 17.9 Å². The van der Waals surface area contributed by atoms with E-state index in [1.165, 1.54) is 7.11 Å². The second-order valence-corrected chi connectivity index (χ2v) is 7.97. The van der Waals surface area contributed by atoms with Gasteiger partial charge >= 0.3 is 5.97 Å². The van der Waals surface area contributed by atoms with Crippen molar-refractivity contribution in [2.75, 3.05) is 7.11 Å². The van der Waals surface area contributed by atoms with Gasteiger partial charge < -0.3 is 26.3 Å². The molecule has 7 nitrogen and oxygen atoms in total. The van der Waals surface area contributed by atoms with Crippen LogP contribution in [0.25, 0.3) is 0 Å². The average Bonchev–Trinajstić information content (AvgIpc) is 2.79. The van der Waals surface area contributed by atoms with E-state index in [1.54, 1.807) is 18.2 Å². The highest BCUT2D eigenvalue weighted by atomic mass is 35.5. The number of nitrogens with one attached hydrogen (secondary N) is 1. The molecule has 5 N–H and O–H groups in total. The second-order valence-electron chi connectivity index (χ2n) is 7.97. The van der Waals surface area contributed by atoms with E-state index in [-0.39, 0.29) is 43.4 Å². The topological polar surface area (TPSA) is 117 Å². The molecule has 174 valence electrons. The Morgan fingerprint density at radius 1 is 1.09 bits per heavy atom. The van der Waals surface area contributed by atoms with Crippen molar-refractivity contribution in [3.8, 4) is 5.75 Å². The van der Waals surface area contributed by atoms with Crippen molar-refractivity contribution >= 4 is 24.3 Å². The molecule has 3 atom stereocenters. The summed E-state index contributed by atoms with van der Waals surface area (Å²) < 4.78 is 10.7. The minimum absolute atomic E-state index is 0. The fraction of sp³-hybridized carbons (Fsp3) is 0.417. The minimum atomic E-state index is -0.740. The molecule has 3 rings (SSSR count). The van der Waals surface area contributed by atoms with Gasteiger partial charge in [-0.25, -0.2) is 4.79 Å². The van der Waals surface area contributed by atoms with Crippen LogP contribution in [0.15, 0.2) is 48.5 Å². The number of carbonyl (C=O) groups excluding carboxylic acids is 2. The predicted octanol–water partition coefficient (Wildman–Crippen LogP) is 2.73. The van der Waals surface area contributed by atoms with Crippen LogP contribution in [0.2, 0.25) is 0 Å². The van der Waals surface area contributed by atoms with Crippen molar-refractivity contribution in [1.29, 1.82) is 0 Å². The molecule has 1 fully saturated rings. The lowest BCUT2D eigenvalue weighted by Gasteiger charge is -2.30. The maximum absolute atomic E-state index is 12.6. The van der Waals surface area contributed by atoms with Gasteiger partial charge in [0.15, 0.2) is 0 Å². The van der Waals surface area contributed by atoms with E-state index in [2.05, 4.69) is 5.32 Å². The zero-order valence-corrected chi connectivity index (χ0v) is 19.1. The van der Waals surface area contributed by atoms with Crippen LogP contribution in [-0.4, -0.2) is 37.1 Å². The van der Waals surface area contributed by atoms with Crippen LogP contribution in [0, 0.1) is 0 Å². The third-order valence-corrected chi connectivity index (χ3v) is 5.64. The number of nitrogens with two attached hydrogens (primary N) is 2. The number of benzene rings is 2. The Hall–Kier alpha value is -2.61.